The lowest BCUT2D eigenvalue weighted by Crippen LogP contribution is -2.43. The summed E-state index contributed by atoms with van der Waals surface area (Å²) in [5, 5.41) is 10.5. The Hall–Kier alpha value is -3.93. The number of allylic oxidation sites excluding steroid dienone is 2. The van der Waals surface area contributed by atoms with Gasteiger partial charge in [0, 0.05) is 25.5 Å². The van der Waals surface area contributed by atoms with Crippen LogP contribution in [0.3, 0.4) is 0 Å². The van der Waals surface area contributed by atoms with Gasteiger partial charge in [0.15, 0.2) is 15.7 Å². The maximum Gasteiger partial charge on any atom is 0.229 e. The van der Waals surface area contributed by atoms with Crippen LogP contribution in [0.2, 0.25) is 5.02 Å². The smallest absolute Gasteiger partial charge is 0.229 e. The molecule has 2 N–H and O–H groups in total. The van der Waals surface area contributed by atoms with E-state index < -0.39 is 15.1 Å². The van der Waals surface area contributed by atoms with Gasteiger partial charge in [0.1, 0.15) is 17.1 Å². The summed E-state index contributed by atoms with van der Waals surface area (Å²) in [5.74, 6) is 1.68. The number of nitrogens with zero attached hydrogens (tertiary/aromatic N) is 5. The number of rotatable bonds is 10. The van der Waals surface area contributed by atoms with E-state index in [1.807, 2.05) is 38.5 Å². The first-order valence-corrected chi connectivity index (χ1v) is 17.1. The molecule has 2 aromatic carbocycles. The van der Waals surface area contributed by atoms with Gasteiger partial charge in [-0.15, -0.1) is 0 Å². The summed E-state index contributed by atoms with van der Waals surface area (Å²) in [6, 6.07) is 10.9. The number of nitrogens with one attached hydrogen (secondary N) is 2. The molecule has 3 aromatic rings. The molecule has 0 unspecified atom stereocenters. The van der Waals surface area contributed by atoms with Crippen LogP contribution >= 0.6 is 11.6 Å². The number of sulfone groups is 1. The van der Waals surface area contributed by atoms with Gasteiger partial charge >= 0.3 is 0 Å². The lowest BCUT2D eigenvalue weighted by Gasteiger charge is -2.37. The second-order valence-corrected chi connectivity index (χ2v) is 14.5. The molecule has 0 aliphatic carbocycles. The maximum absolute atomic E-state index is 13.0. The molecule has 0 atom stereocenters. The summed E-state index contributed by atoms with van der Waals surface area (Å²) in [6.07, 6.45) is 13.0. The van der Waals surface area contributed by atoms with Crippen LogP contribution in [-0.2, 0) is 9.84 Å². The average molecular weight is 650 g/mol. The van der Waals surface area contributed by atoms with E-state index in [2.05, 4.69) is 54.7 Å². The zero-order valence-electron chi connectivity index (χ0n) is 26.2. The summed E-state index contributed by atoms with van der Waals surface area (Å²) in [7, 11) is -3.54. The fraction of sp³-hybridized carbons (Fsp3) is 0.364. The lowest BCUT2D eigenvalue weighted by molar-refractivity contribution is 0.0637. The van der Waals surface area contributed by atoms with Crippen molar-refractivity contribution in [2.24, 2.45) is 4.99 Å². The van der Waals surface area contributed by atoms with Gasteiger partial charge in [0.05, 0.1) is 33.8 Å². The Morgan fingerprint density at radius 3 is 2.51 bits per heavy atom. The first-order chi connectivity index (χ1) is 21.5. The first kappa shape index (κ1) is 32.5. The van der Waals surface area contributed by atoms with Gasteiger partial charge in [-0.05, 0) is 101 Å². The molecule has 1 fully saturated rings. The van der Waals surface area contributed by atoms with Crippen molar-refractivity contribution in [2.45, 2.75) is 69.6 Å². The molecular weight excluding hydrogens is 610 g/mol. The number of aliphatic imine (C=N–C) groups is 1. The zero-order chi connectivity index (χ0) is 32.1. The summed E-state index contributed by atoms with van der Waals surface area (Å²) in [6.45, 7) is 11.2. The average Bonchev–Trinajstić information content (AvgIpc) is 3.30. The van der Waals surface area contributed by atoms with Crippen LogP contribution in [-0.4, -0.2) is 59.2 Å². The minimum Gasteiger partial charge on any atom is -0.489 e. The number of piperidine rings is 1. The van der Waals surface area contributed by atoms with Crippen molar-refractivity contribution in [2.75, 3.05) is 23.7 Å². The molecule has 5 rings (SSSR count). The number of ether oxygens (including phenoxy) is 1. The number of aryl methyl sites for hydroxylation is 1. The second-order valence-electron chi connectivity index (χ2n) is 11.7. The van der Waals surface area contributed by atoms with Crippen LogP contribution in [0.15, 0.2) is 77.0 Å². The number of para-hydroxylation sites is 1. The van der Waals surface area contributed by atoms with Gasteiger partial charge < -0.3 is 15.4 Å². The Kier molecular flexibility index (Phi) is 10.1. The fourth-order valence-corrected chi connectivity index (χ4v) is 6.73. The molecule has 0 bridgehead atoms. The largest absolute Gasteiger partial charge is 0.489 e. The highest BCUT2D eigenvalue weighted by atomic mass is 35.5. The number of halogens is 1. The molecule has 2 aliphatic heterocycles. The van der Waals surface area contributed by atoms with Gasteiger partial charge in [-0.25, -0.2) is 23.4 Å². The second kappa shape index (κ2) is 14.0. The van der Waals surface area contributed by atoms with Crippen molar-refractivity contribution >= 4 is 50.9 Å². The minimum atomic E-state index is -3.54. The number of aromatic nitrogens is 2. The molecule has 0 saturated carbocycles. The molecule has 238 valence electrons. The maximum atomic E-state index is 13.0. The van der Waals surface area contributed by atoms with Crippen LogP contribution in [0, 0.1) is 6.92 Å². The zero-order valence-corrected chi connectivity index (χ0v) is 27.8. The molecule has 0 spiro atoms. The van der Waals surface area contributed by atoms with Crippen LogP contribution < -0.4 is 15.4 Å². The molecule has 3 heterocycles. The van der Waals surface area contributed by atoms with E-state index in [4.69, 9.17) is 16.3 Å². The molecule has 1 aromatic heterocycles. The molecule has 0 amide bonds. The predicted molar refractivity (Wildman–Crippen MR) is 181 cm³/mol. The van der Waals surface area contributed by atoms with E-state index in [0.29, 0.717) is 23.3 Å². The molecule has 45 heavy (non-hydrogen) atoms. The standard InChI is InChI=1S/C33H40ClN7O3S/c1-22(2)44-30-19-26(25-12-16-40(17-13-25)41-15-9-8-14-35-21-41)24(5)18-29(30)38-33-36-20-27(34)32(39-33)37-28-10-6-7-11-31(28)45(42,43)23(3)4/h6-11,14-15,18-23,25H,12-13,16-17H2,1-5H3,(H2,36,37,38,39). The van der Waals surface area contributed by atoms with Crippen molar-refractivity contribution in [1.82, 2.24) is 20.0 Å². The lowest BCUT2D eigenvalue weighted by atomic mass is 9.86. The normalized spacial score (nSPS) is 16.0. The Bertz CT molecular complexity index is 1700. The molecule has 1 saturated heterocycles. The number of anilines is 4. The van der Waals surface area contributed by atoms with Crippen molar-refractivity contribution < 1.29 is 13.2 Å². The third-order valence-electron chi connectivity index (χ3n) is 7.73. The Morgan fingerprint density at radius 2 is 1.78 bits per heavy atom. The third kappa shape index (κ3) is 7.66. The summed E-state index contributed by atoms with van der Waals surface area (Å²) in [5.41, 5.74) is 3.54. The highest BCUT2D eigenvalue weighted by molar-refractivity contribution is 7.92. The quantitative estimate of drug-likeness (QED) is 0.233. The van der Waals surface area contributed by atoms with E-state index in [0.717, 1.165) is 37.2 Å². The van der Waals surface area contributed by atoms with Gasteiger partial charge in [-0.2, -0.15) is 4.98 Å². The number of hydrazine groups is 1. The number of benzene rings is 2. The van der Waals surface area contributed by atoms with Crippen molar-refractivity contribution in [3.63, 3.8) is 0 Å². The highest BCUT2D eigenvalue weighted by Crippen LogP contribution is 2.38. The molecule has 12 heteroatoms. The number of hydrogen-bond acceptors (Lipinski definition) is 10. The van der Waals surface area contributed by atoms with Crippen molar-refractivity contribution in [3.8, 4) is 5.75 Å². The van der Waals surface area contributed by atoms with Crippen LogP contribution in [0.1, 0.15) is 57.6 Å². The van der Waals surface area contributed by atoms with Gasteiger partial charge in [-0.1, -0.05) is 23.7 Å². The summed E-state index contributed by atoms with van der Waals surface area (Å²) >= 11 is 6.47. The monoisotopic (exact) mass is 649 g/mol. The Balaban J connectivity index is 1.38. The number of hydrogen-bond donors (Lipinski definition) is 2. The van der Waals surface area contributed by atoms with Crippen molar-refractivity contribution in [3.05, 3.63) is 83.3 Å². The van der Waals surface area contributed by atoms with E-state index in [1.54, 1.807) is 44.3 Å². The van der Waals surface area contributed by atoms with E-state index >= 15 is 0 Å². The van der Waals surface area contributed by atoms with E-state index in [1.165, 1.54) is 11.8 Å². The SMILES string of the molecule is Cc1cc(Nc2ncc(Cl)c(Nc3ccccc3S(=O)(=O)C(C)C)n2)c(OC(C)C)cc1C1CCN(N2C=CC=CN=C2)CC1. The minimum absolute atomic E-state index is 0.0477. The van der Waals surface area contributed by atoms with Crippen LogP contribution in [0.5, 0.6) is 5.75 Å². The fourth-order valence-electron chi connectivity index (χ4n) is 5.39. The molecule has 2 aliphatic rings. The van der Waals surface area contributed by atoms with Crippen molar-refractivity contribution in [1.29, 1.82) is 0 Å². The molecular formula is C33H40ClN7O3S. The Labute approximate surface area is 270 Å². The Morgan fingerprint density at radius 1 is 1.02 bits per heavy atom. The van der Waals surface area contributed by atoms with Gasteiger partial charge in [-0.3, -0.25) is 5.01 Å². The highest BCUT2D eigenvalue weighted by Gasteiger charge is 2.26. The summed E-state index contributed by atoms with van der Waals surface area (Å²) in [4.78, 5) is 13.5. The van der Waals surface area contributed by atoms with Crippen LogP contribution in [0.4, 0.5) is 23.1 Å². The molecule has 10 nitrogen and oxygen atoms in total. The predicted octanol–water partition coefficient (Wildman–Crippen LogP) is 7.36. The topological polar surface area (TPSA) is 112 Å². The molecule has 0 radical (unpaired) electrons. The summed E-state index contributed by atoms with van der Waals surface area (Å²) < 4.78 is 32.3. The van der Waals surface area contributed by atoms with E-state index in [-0.39, 0.29) is 21.8 Å². The first-order valence-electron chi connectivity index (χ1n) is 15.1. The van der Waals surface area contributed by atoms with Gasteiger partial charge in [0.2, 0.25) is 5.95 Å². The van der Waals surface area contributed by atoms with Crippen LogP contribution in [0.25, 0.3) is 0 Å². The van der Waals surface area contributed by atoms with Gasteiger partial charge in [0.25, 0.3) is 0 Å². The van der Waals surface area contributed by atoms with E-state index in [9.17, 15) is 8.42 Å². The third-order valence-corrected chi connectivity index (χ3v) is 10.2.